The van der Waals surface area contributed by atoms with Gasteiger partial charge in [0.2, 0.25) is 5.91 Å². The van der Waals surface area contributed by atoms with Crippen molar-refractivity contribution in [3.63, 3.8) is 0 Å². The highest BCUT2D eigenvalue weighted by Gasteiger charge is 2.58. The van der Waals surface area contributed by atoms with E-state index in [0.717, 1.165) is 37.8 Å². The number of fused-ring (bicyclic) bond motifs is 3. The molecule has 1 spiro atoms. The first kappa shape index (κ1) is 14.0. The van der Waals surface area contributed by atoms with Gasteiger partial charge >= 0.3 is 0 Å². The molecule has 1 saturated heterocycles. The SMILES string of the molecule is N[C@@H]1[C@@H]2CCC(C2)[C@]12CCC[C@H](C(=O)N1CCCCC1)C2. The number of piperidine rings is 1. The number of nitrogens with zero attached hydrogens (tertiary/aromatic N) is 1. The van der Waals surface area contributed by atoms with Crippen LogP contribution in [-0.2, 0) is 4.79 Å². The van der Waals surface area contributed by atoms with Gasteiger partial charge in [-0.2, -0.15) is 0 Å². The summed E-state index contributed by atoms with van der Waals surface area (Å²) < 4.78 is 0. The number of hydrogen-bond donors (Lipinski definition) is 1. The van der Waals surface area contributed by atoms with Crippen molar-refractivity contribution in [2.75, 3.05) is 13.1 Å². The van der Waals surface area contributed by atoms with E-state index in [-0.39, 0.29) is 5.92 Å². The van der Waals surface area contributed by atoms with Crippen LogP contribution in [0.5, 0.6) is 0 Å². The van der Waals surface area contributed by atoms with Gasteiger partial charge in [-0.3, -0.25) is 4.79 Å². The predicted molar refractivity (Wildman–Crippen MR) is 83.6 cm³/mol. The molecule has 1 amide bonds. The molecule has 3 aliphatic carbocycles. The highest BCUT2D eigenvalue weighted by Crippen LogP contribution is 2.61. The van der Waals surface area contributed by atoms with Gasteiger partial charge in [0, 0.05) is 25.0 Å². The van der Waals surface area contributed by atoms with Crippen molar-refractivity contribution >= 4 is 5.91 Å². The Bertz CT molecular complexity index is 413. The Morgan fingerprint density at radius 3 is 2.57 bits per heavy atom. The summed E-state index contributed by atoms with van der Waals surface area (Å²) in [7, 11) is 0. The maximum Gasteiger partial charge on any atom is 0.225 e. The zero-order valence-electron chi connectivity index (χ0n) is 13.2. The van der Waals surface area contributed by atoms with E-state index in [0.29, 0.717) is 17.4 Å². The fraction of sp³-hybridized carbons (Fsp3) is 0.944. The van der Waals surface area contributed by atoms with Crippen LogP contribution in [0.4, 0.5) is 0 Å². The maximum absolute atomic E-state index is 12.9. The van der Waals surface area contributed by atoms with Crippen LogP contribution >= 0.6 is 0 Å². The number of hydrogen-bond acceptors (Lipinski definition) is 2. The Kier molecular flexibility index (Phi) is 3.52. The third-order valence-corrected chi connectivity index (χ3v) is 7.30. The van der Waals surface area contributed by atoms with Crippen molar-refractivity contribution in [1.29, 1.82) is 0 Å². The summed E-state index contributed by atoms with van der Waals surface area (Å²) >= 11 is 0. The Hall–Kier alpha value is -0.570. The Labute approximate surface area is 128 Å². The lowest BCUT2D eigenvalue weighted by Crippen LogP contribution is -2.51. The molecule has 2 bridgehead atoms. The Balaban J connectivity index is 1.49. The minimum absolute atomic E-state index is 0.280. The topological polar surface area (TPSA) is 46.3 Å². The molecule has 4 fully saturated rings. The molecule has 21 heavy (non-hydrogen) atoms. The molecule has 1 unspecified atom stereocenters. The van der Waals surface area contributed by atoms with Gasteiger partial charge in [-0.15, -0.1) is 0 Å². The molecule has 0 aromatic carbocycles. The fourth-order valence-electron chi connectivity index (χ4n) is 6.20. The zero-order valence-corrected chi connectivity index (χ0v) is 13.2. The van der Waals surface area contributed by atoms with E-state index in [9.17, 15) is 4.79 Å². The summed E-state index contributed by atoms with van der Waals surface area (Å²) in [5, 5.41) is 0. The summed E-state index contributed by atoms with van der Waals surface area (Å²) in [5.41, 5.74) is 6.98. The second-order valence-electron chi connectivity index (χ2n) is 8.21. The van der Waals surface area contributed by atoms with Gasteiger partial charge in [0.15, 0.2) is 0 Å². The minimum atomic E-state index is 0.280. The largest absolute Gasteiger partial charge is 0.342 e. The molecule has 0 radical (unpaired) electrons. The quantitative estimate of drug-likeness (QED) is 0.807. The summed E-state index contributed by atoms with van der Waals surface area (Å²) in [5.74, 6) is 2.33. The number of carbonyl (C=O) groups is 1. The van der Waals surface area contributed by atoms with Gasteiger partial charge in [-0.25, -0.2) is 0 Å². The van der Waals surface area contributed by atoms with Crippen LogP contribution in [0.15, 0.2) is 0 Å². The Morgan fingerprint density at radius 1 is 1.05 bits per heavy atom. The van der Waals surface area contributed by atoms with E-state index >= 15 is 0 Å². The Morgan fingerprint density at radius 2 is 1.86 bits per heavy atom. The predicted octanol–water partition coefficient (Wildman–Crippen LogP) is 2.93. The third-order valence-electron chi connectivity index (χ3n) is 7.30. The third kappa shape index (κ3) is 2.15. The van der Waals surface area contributed by atoms with Crippen molar-refractivity contribution < 1.29 is 4.79 Å². The molecule has 3 heteroatoms. The first-order valence-electron chi connectivity index (χ1n) is 9.25. The number of amides is 1. The van der Waals surface area contributed by atoms with Crippen LogP contribution in [0.25, 0.3) is 0 Å². The van der Waals surface area contributed by atoms with Gasteiger partial charge in [0.1, 0.15) is 0 Å². The average Bonchev–Trinajstić information content (AvgIpc) is 3.11. The summed E-state index contributed by atoms with van der Waals surface area (Å²) in [6.45, 7) is 2.00. The van der Waals surface area contributed by atoms with Crippen LogP contribution in [0, 0.1) is 23.2 Å². The minimum Gasteiger partial charge on any atom is -0.342 e. The molecule has 0 aromatic rings. The molecule has 3 saturated carbocycles. The standard InChI is InChI=1S/C18H30N2O/c19-16-13-6-7-15(11-13)18(16)8-4-5-14(12-18)17(21)20-9-2-1-3-10-20/h13-16H,1-12,19H2/t13-,14+,15?,16-,18-/m1/s1. The van der Waals surface area contributed by atoms with Crippen molar-refractivity contribution in [3.8, 4) is 0 Å². The van der Waals surface area contributed by atoms with Crippen LogP contribution in [0.1, 0.15) is 64.2 Å². The molecule has 3 nitrogen and oxygen atoms in total. The second-order valence-corrected chi connectivity index (χ2v) is 8.21. The molecule has 5 atom stereocenters. The van der Waals surface area contributed by atoms with Gasteiger partial charge in [-0.05, 0) is 75.0 Å². The van der Waals surface area contributed by atoms with E-state index in [1.807, 2.05) is 0 Å². The average molecular weight is 290 g/mol. The summed E-state index contributed by atoms with van der Waals surface area (Å²) in [4.78, 5) is 15.0. The van der Waals surface area contributed by atoms with Crippen LogP contribution in [-0.4, -0.2) is 29.9 Å². The van der Waals surface area contributed by atoms with Crippen molar-refractivity contribution in [2.24, 2.45) is 28.9 Å². The molecule has 4 rings (SSSR count). The molecule has 118 valence electrons. The number of nitrogens with two attached hydrogens (primary N) is 1. The van der Waals surface area contributed by atoms with Crippen molar-refractivity contribution in [3.05, 3.63) is 0 Å². The number of carbonyl (C=O) groups excluding carboxylic acids is 1. The van der Waals surface area contributed by atoms with Crippen molar-refractivity contribution in [2.45, 2.75) is 70.3 Å². The number of likely N-dealkylation sites (tertiary alicyclic amines) is 1. The molecular formula is C18H30N2O. The van der Waals surface area contributed by atoms with E-state index in [2.05, 4.69) is 4.90 Å². The van der Waals surface area contributed by atoms with E-state index in [1.54, 1.807) is 0 Å². The van der Waals surface area contributed by atoms with Crippen molar-refractivity contribution in [1.82, 2.24) is 4.90 Å². The first-order valence-corrected chi connectivity index (χ1v) is 9.25. The normalized spacial score (nSPS) is 46.2. The maximum atomic E-state index is 12.9. The highest BCUT2D eigenvalue weighted by atomic mass is 16.2. The first-order chi connectivity index (χ1) is 10.2. The fourth-order valence-corrected chi connectivity index (χ4v) is 6.20. The van der Waals surface area contributed by atoms with Gasteiger partial charge in [0.25, 0.3) is 0 Å². The highest BCUT2D eigenvalue weighted by molar-refractivity contribution is 5.79. The van der Waals surface area contributed by atoms with E-state index in [4.69, 9.17) is 5.73 Å². The zero-order chi connectivity index (χ0) is 14.4. The molecule has 1 heterocycles. The van der Waals surface area contributed by atoms with E-state index < -0.39 is 0 Å². The second kappa shape index (κ2) is 5.26. The smallest absolute Gasteiger partial charge is 0.225 e. The van der Waals surface area contributed by atoms with Gasteiger partial charge < -0.3 is 10.6 Å². The monoisotopic (exact) mass is 290 g/mol. The lowest BCUT2D eigenvalue weighted by Gasteiger charge is -2.48. The lowest BCUT2D eigenvalue weighted by atomic mass is 9.59. The van der Waals surface area contributed by atoms with E-state index in [1.165, 1.54) is 51.4 Å². The van der Waals surface area contributed by atoms with Crippen LogP contribution in [0.3, 0.4) is 0 Å². The molecule has 4 aliphatic rings. The molecule has 2 N–H and O–H groups in total. The van der Waals surface area contributed by atoms with Crippen LogP contribution < -0.4 is 5.73 Å². The van der Waals surface area contributed by atoms with Gasteiger partial charge in [-0.1, -0.05) is 6.42 Å². The molecule has 1 aliphatic heterocycles. The lowest BCUT2D eigenvalue weighted by molar-refractivity contribution is -0.140. The number of rotatable bonds is 1. The summed E-state index contributed by atoms with van der Waals surface area (Å²) in [6.07, 6.45) is 12.5. The molecule has 0 aromatic heterocycles. The van der Waals surface area contributed by atoms with Crippen LogP contribution in [0.2, 0.25) is 0 Å². The summed E-state index contributed by atoms with van der Waals surface area (Å²) in [6, 6.07) is 0.383. The molecular weight excluding hydrogens is 260 g/mol. The van der Waals surface area contributed by atoms with Gasteiger partial charge in [0.05, 0.1) is 0 Å².